The van der Waals surface area contributed by atoms with Crippen LogP contribution in [0.25, 0.3) is 0 Å². The highest BCUT2D eigenvalue weighted by molar-refractivity contribution is 7.15. The molecule has 9 heteroatoms. The second-order valence-corrected chi connectivity index (χ2v) is 9.64. The lowest BCUT2D eigenvalue weighted by Gasteiger charge is -2.32. The van der Waals surface area contributed by atoms with Crippen molar-refractivity contribution in [3.63, 3.8) is 0 Å². The molecule has 3 heterocycles. The number of benzene rings is 1. The summed E-state index contributed by atoms with van der Waals surface area (Å²) in [5, 5.41) is 12.5. The Balaban J connectivity index is 1.28. The Morgan fingerprint density at radius 3 is 2.53 bits per heavy atom. The van der Waals surface area contributed by atoms with Gasteiger partial charge >= 0.3 is 0 Å². The van der Waals surface area contributed by atoms with Crippen LogP contribution in [0.3, 0.4) is 0 Å². The zero-order chi connectivity index (χ0) is 22.7. The molecule has 1 aromatic heterocycles. The highest BCUT2D eigenvalue weighted by Gasteiger charge is 2.38. The molecule has 4 rings (SSSR count). The summed E-state index contributed by atoms with van der Waals surface area (Å²) >= 11 is 1.42. The second kappa shape index (κ2) is 9.77. The predicted octanol–water partition coefficient (Wildman–Crippen LogP) is 3.03. The van der Waals surface area contributed by atoms with E-state index in [1.807, 2.05) is 36.1 Å². The largest absolute Gasteiger partial charge is 0.342 e. The molecule has 2 fully saturated rings. The average Bonchev–Trinajstić information content (AvgIpc) is 3.40. The summed E-state index contributed by atoms with van der Waals surface area (Å²) in [7, 11) is 0. The summed E-state index contributed by atoms with van der Waals surface area (Å²) in [6, 6.07) is 7.79. The van der Waals surface area contributed by atoms with E-state index < -0.39 is 0 Å². The lowest BCUT2D eigenvalue weighted by Crippen LogP contribution is -2.44. The number of piperidine rings is 1. The molecule has 1 N–H and O–H groups in total. The molecule has 2 aliphatic rings. The molecule has 2 aliphatic heterocycles. The molecule has 2 saturated heterocycles. The lowest BCUT2D eigenvalue weighted by atomic mass is 9.94. The smallest absolute Gasteiger partial charge is 0.229 e. The van der Waals surface area contributed by atoms with Crippen molar-refractivity contribution in [1.29, 1.82) is 0 Å². The van der Waals surface area contributed by atoms with Gasteiger partial charge in [0.1, 0.15) is 5.01 Å². The second-order valence-electron chi connectivity index (χ2n) is 8.58. The highest BCUT2D eigenvalue weighted by Crippen LogP contribution is 2.28. The molecule has 32 heavy (non-hydrogen) atoms. The number of rotatable bonds is 6. The monoisotopic (exact) mass is 455 g/mol. The van der Waals surface area contributed by atoms with Crippen molar-refractivity contribution in [1.82, 2.24) is 15.1 Å². The predicted molar refractivity (Wildman–Crippen MR) is 123 cm³/mol. The number of nitrogens with zero attached hydrogens (tertiary/aromatic N) is 4. The molecule has 2 aromatic rings. The fourth-order valence-electron chi connectivity index (χ4n) is 4.29. The van der Waals surface area contributed by atoms with Crippen LogP contribution in [0.4, 0.5) is 10.8 Å². The van der Waals surface area contributed by atoms with Gasteiger partial charge in [-0.05, 0) is 38.3 Å². The molecule has 0 saturated carbocycles. The van der Waals surface area contributed by atoms with Crippen molar-refractivity contribution in [2.45, 2.75) is 46.0 Å². The lowest BCUT2D eigenvalue weighted by molar-refractivity contribution is -0.138. The van der Waals surface area contributed by atoms with E-state index in [1.165, 1.54) is 11.3 Å². The summed E-state index contributed by atoms with van der Waals surface area (Å²) in [4.78, 5) is 41.7. The number of amides is 3. The standard InChI is InChI=1S/C23H29N5O3S/c1-3-4-19-25-26-23(32-19)24-21(30)16-9-11-27(12-10-16)22(31)17-13-20(29)28(14-17)18-7-5-15(2)6-8-18/h5-8,16-17H,3-4,9-14H2,1-2H3,(H,24,26,30)/t17-/m1/s1. The van der Waals surface area contributed by atoms with Gasteiger partial charge in [0.25, 0.3) is 0 Å². The first kappa shape index (κ1) is 22.4. The van der Waals surface area contributed by atoms with E-state index in [1.54, 1.807) is 4.90 Å². The SMILES string of the molecule is CCCc1nnc(NC(=O)C2CCN(C(=O)[C@@H]3CC(=O)N(c4ccc(C)cc4)C3)CC2)s1. The Morgan fingerprint density at radius 1 is 1.12 bits per heavy atom. The first-order valence-corrected chi connectivity index (χ1v) is 12.0. The molecular formula is C23H29N5O3S. The van der Waals surface area contributed by atoms with Crippen LogP contribution in [0.2, 0.25) is 0 Å². The fraction of sp³-hybridized carbons (Fsp3) is 0.522. The number of carbonyl (C=O) groups is 3. The number of nitrogens with one attached hydrogen (secondary N) is 1. The van der Waals surface area contributed by atoms with Crippen LogP contribution in [0.15, 0.2) is 24.3 Å². The Kier molecular flexibility index (Phi) is 6.83. The van der Waals surface area contributed by atoms with Gasteiger partial charge in [-0.2, -0.15) is 0 Å². The molecule has 0 radical (unpaired) electrons. The van der Waals surface area contributed by atoms with Gasteiger partial charge in [-0.1, -0.05) is 36.0 Å². The summed E-state index contributed by atoms with van der Waals surface area (Å²) in [6.07, 6.45) is 3.31. The van der Waals surface area contributed by atoms with Crippen molar-refractivity contribution in [3.8, 4) is 0 Å². The van der Waals surface area contributed by atoms with Crippen molar-refractivity contribution < 1.29 is 14.4 Å². The van der Waals surface area contributed by atoms with Crippen LogP contribution in [-0.4, -0.2) is 52.5 Å². The van der Waals surface area contributed by atoms with Gasteiger partial charge in [-0.25, -0.2) is 0 Å². The van der Waals surface area contributed by atoms with Crippen LogP contribution in [0.5, 0.6) is 0 Å². The number of anilines is 2. The Hall–Kier alpha value is -2.81. The van der Waals surface area contributed by atoms with Gasteiger partial charge < -0.3 is 15.1 Å². The molecular weight excluding hydrogens is 426 g/mol. The number of likely N-dealkylation sites (tertiary alicyclic amines) is 1. The van der Waals surface area contributed by atoms with Gasteiger partial charge in [0, 0.05) is 44.1 Å². The van der Waals surface area contributed by atoms with Gasteiger partial charge in [0.05, 0.1) is 5.92 Å². The fourth-order valence-corrected chi connectivity index (χ4v) is 5.14. The normalized spacial score (nSPS) is 19.4. The zero-order valence-electron chi connectivity index (χ0n) is 18.5. The molecule has 3 amide bonds. The van der Waals surface area contributed by atoms with Crippen LogP contribution in [-0.2, 0) is 20.8 Å². The van der Waals surface area contributed by atoms with E-state index in [4.69, 9.17) is 0 Å². The maximum atomic E-state index is 13.0. The molecule has 0 unspecified atom stereocenters. The molecule has 0 aliphatic carbocycles. The molecule has 170 valence electrons. The maximum absolute atomic E-state index is 13.0. The van der Waals surface area contributed by atoms with Crippen LogP contribution >= 0.6 is 11.3 Å². The number of hydrogen-bond acceptors (Lipinski definition) is 6. The topological polar surface area (TPSA) is 95.5 Å². The zero-order valence-corrected chi connectivity index (χ0v) is 19.4. The van der Waals surface area contributed by atoms with E-state index >= 15 is 0 Å². The van der Waals surface area contributed by atoms with Gasteiger partial charge in [-0.15, -0.1) is 10.2 Å². The van der Waals surface area contributed by atoms with Gasteiger partial charge in [0.15, 0.2) is 0 Å². The first-order chi connectivity index (χ1) is 15.4. The number of aryl methyl sites for hydroxylation is 2. The number of carbonyl (C=O) groups excluding carboxylic acids is 3. The van der Waals surface area contributed by atoms with Crippen molar-refractivity contribution in [3.05, 3.63) is 34.8 Å². The number of aromatic nitrogens is 2. The van der Waals surface area contributed by atoms with Gasteiger partial charge in [0.2, 0.25) is 22.9 Å². The average molecular weight is 456 g/mol. The van der Waals surface area contributed by atoms with E-state index in [9.17, 15) is 14.4 Å². The number of hydrogen-bond donors (Lipinski definition) is 1. The Bertz CT molecular complexity index is 982. The first-order valence-electron chi connectivity index (χ1n) is 11.2. The van der Waals surface area contributed by atoms with E-state index in [-0.39, 0.29) is 36.0 Å². The van der Waals surface area contributed by atoms with Crippen molar-refractivity contribution in [2.75, 3.05) is 29.9 Å². The minimum Gasteiger partial charge on any atom is -0.342 e. The van der Waals surface area contributed by atoms with Crippen LogP contribution < -0.4 is 10.2 Å². The molecule has 0 spiro atoms. The minimum atomic E-state index is -0.326. The molecule has 1 atom stereocenters. The molecule has 1 aromatic carbocycles. The van der Waals surface area contributed by atoms with E-state index in [2.05, 4.69) is 22.4 Å². The summed E-state index contributed by atoms with van der Waals surface area (Å²) in [5.41, 5.74) is 1.97. The van der Waals surface area contributed by atoms with Crippen LogP contribution in [0.1, 0.15) is 43.2 Å². The van der Waals surface area contributed by atoms with Crippen molar-refractivity contribution in [2.24, 2.45) is 11.8 Å². The summed E-state index contributed by atoms with van der Waals surface area (Å²) in [6.45, 7) is 5.56. The third kappa shape index (κ3) is 4.98. The maximum Gasteiger partial charge on any atom is 0.229 e. The Labute approximate surface area is 192 Å². The Morgan fingerprint density at radius 2 is 1.84 bits per heavy atom. The third-order valence-electron chi connectivity index (χ3n) is 6.16. The quantitative estimate of drug-likeness (QED) is 0.722. The molecule has 8 nitrogen and oxygen atoms in total. The van der Waals surface area contributed by atoms with Crippen LogP contribution in [0, 0.1) is 18.8 Å². The van der Waals surface area contributed by atoms with Gasteiger partial charge in [-0.3, -0.25) is 14.4 Å². The van der Waals surface area contributed by atoms with E-state index in [0.29, 0.717) is 37.6 Å². The highest BCUT2D eigenvalue weighted by atomic mass is 32.1. The summed E-state index contributed by atoms with van der Waals surface area (Å²) in [5.74, 6) is -0.529. The summed E-state index contributed by atoms with van der Waals surface area (Å²) < 4.78 is 0. The van der Waals surface area contributed by atoms with E-state index in [0.717, 1.165) is 29.1 Å². The van der Waals surface area contributed by atoms with Crippen molar-refractivity contribution >= 4 is 39.9 Å². The molecule has 0 bridgehead atoms. The third-order valence-corrected chi connectivity index (χ3v) is 7.06. The minimum absolute atomic E-state index is 0.0130.